The zero-order valence-corrected chi connectivity index (χ0v) is 10.8. The quantitative estimate of drug-likeness (QED) is 0.893. The highest BCUT2D eigenvalue weighted by atomic mass is 16.5. The molecule has 0 amide bonds. The molecule has 1 unspecified atom stereocenters. The first-order chi connectivity index (χ1) is 8.76. The van der Waals surface area contributed by atoms with Gasteiger partial charge in [0.1, 0.15) is 5.75 Å². The van der Waals surface area contributed by atoms with Crippen LogP contribution in [-0.4, -0.2) is 24.1 Å². The molecule has 2 aromatic rings. The summed E-state index contributed by atoms with van der Waals surface area (Å²) < 4.78 is 5.21. The number of nitrogens with zero attached hydrogens (tertiary/aromatic N) is 2. The average Bonchev–Trinajstić information content (AvgIpc) is 2.42. The van der Waals surface area contributed by atoms with E-state index in [1.807, 2.05) is 31.6 Å². The van der Waals surface area contributed by atoms with Crippen molar-refractivity contribution in [3.63, 3.8) is 0 Å². The molecule has 0 fully saturated rings. The van der Waals surface area contributed by atoms with Gasteiger partial charge in [0.05, 0.1) is 19.3 Å². The van der Waals surface area contributed by atoms with Crippen LogP contribution in [0.5, 0.6) is 5.75 Å². The van der Waals surface area contributed by atoms with Gasteiger partial charge in [0.2, 0.25) is 0 Å². The highest BCUT2D eigenvalue weighted by Crippen LogP contribution is 2.25. The van der Waals surface area contributed by atoms with Crippen LogP contribution in [0.2, 0.25) is 0 Å². The van der Waals surface area contributed by atoms with E-state index in [4.69, 9.17) is 4.74 Å². The summed E-state index contributed by atoms with van der Waals surface area (Å²) in [4.78, 5) is 8.38. The normalized spacial score (nSPS) is 12.2. The third-order valence-electron chi connectivity index (χ3n) is 2.98. The molecule has 0 aliphatic heterocycles. The van der Waals surface area contributed by atoms with Gasteiger partial charge in [-0.05, 0) is 42.8 Å². The van der Waals surface area contributed by atoms with Gasteiger partial charge in [0, 0.05) is 18.6 Å². The van der Waals surface area contributed by atoms with Crippen LogP contribution in [0.4, 0.5) is 0 Å². The Kier molecular flexibility index (Phi) is 3.89. The largest absolute Gasteiger partial charge is 0.495 e. The van der Waals surface area contributed by atoms with Crippen molar-refractivity contribution in [1.82, 2.24) is 15.3 Å². The maximum atomic E-state index is 5.21. The van der Waals surface area contributed by atoms with Gasteiger partial charge in [0.15, 0.2) is 0 Å². The van der Waals surface area contributed by atoms with Crippen molar-refractivity contribution in [2.75, 3.05) is 14.2 Å². The third-order valence-corrected chi connectivity index (χ3v) is 2.98. The topological polar surface area (TPSA) is 47.0 Å². The van der Waals surface area contributed by atoms with Gasteiger partial charge in [-0.25, -0.2) is 0 Å². The molecule has 94 valence electrons. The average molecular weight is 243 g/mol. The monoisotopic (exact) mass is 243 g/mol. The summed E-state index contributed by atoms with van der Waals surface area (Å²) in [5, 5.41) is 3.29. The molecule has 0 aromatic carbocycles. The van der Waals surface area contributed by atoms with E-state index >= 15 is 0 Å². The number of pyridine rings is 2. The molecular formula is C14H17N3O. The minimum absolute atomic E-state index is 0.0706. The Hall–Kier alpha value is -1.94. The molecule has 0 saturated heterocycles. The molecule has 2 rings (SSSR count). The van der Waals surface area contributed by atoms with Gasteiger partial charge in [-0.2, -0.15) is 0 Å². The SMILES string of the molecule is CNC(c1cncc(OC)c1)c1cnccc1C. The first kappa shape index (κ1) is 12.5. The summed E-state index contributed by atoms with van der Waals surface area (Å²) in [6, 6.07) is 4.06. The van der Waals surface area contributed by atoms with Crippen LogP contribution in [0.1, 0.15) is 22.7 Å². The molecule has 0 spiro atoms. The smallest absolute Gasteiger partial charge is 0.137 e. The number of nitrogens with one attached hydrogen (secondary N) is 1. The fourth-order valence-electron chi connectivity index (χ4n) is 1.99. The van der Waals surface area contributed by atoms with Crippen LogP contribution in [0.3, 0.4) is 0 Å². The number of rotatable bonds is 4. The Balaban J connectivity index is 2.42. The molecule has 0 aliphatic carbocycles. The predicted molar refractivity (Wildman–Crippen MR) is 70.7 cm³/mol. The first-order valence-corrected chi connectivity index (χ1v) is 5.83. The lowest BCUT2D eigenvalue weighted by atomic mass is 9.98. The Morgan fingerprint density at radius 2 is 2.06 bits per heavy atom. The lowest BCUT2D eigenvalue weighted by Crippen LogP contribution is -2.19. The van der Waals surface area contributed by atoms with Crippen LogP contribution < -0.4 is 10.1 Å². The molecule has 0 bridgehead atoms. The van der Waals surface area contributed by atoms with Gasteiger partial charge in [-0.3, -0.25) is 9.97 Å². The lowest BCUT2D eigenvalue weighted by molar-refractivity contribution is 0.411. The summed E-state index contributed by atoms with van der Waals surface area (Å²) >= 11 is 0. The number of hydrogen-bond donors (Lipinski definition) is 1. The Morgan fingerprint density at radius 1 is 1.22 bits per heavy atom. The Morgan fingerprint density at radius 3 is 2.72 bits per heavy atom. The highest BCUT2D eigenvalue weighted by Gasteiger charge is 2.15. The van der Waals surface area contributed by atoms with E-state index in [0.29, 0.717) is 0 Å². The number of ether oxygens (including phenoxy) is 1. The van der Waals surface area contributed by atoms with Crippen LogP contribution in [-0.2, 0) is 0 Å². The molecule has 1 N–H and O–H groups in total. The van der Waals surface area contributed by atoms with Gasteiger partial charge in [-0.1, -0.05) is 0 Å². The van der Waals surface area contributed by atoms with E-state index in [0.717, 1.165) is 16.9 Å². The molecule has 18 heavy (non-hydrogen) atoms. The van der Waals surface area contributed by atoms with Crippen molar-refractivity contribution in [3.05, 3.63) is 53.6 Å². The second kappa shape index (κ2) is 5.60. The zero-order chi connectivity index (χ0) is 13.0. The van der Waals surface area contributed by atoms with E-state index in [2.05, 4.69) is 22.2 Å². The number of hydrogen-bond acceptors (Lipinski definition) is 4. The number of methoxy groups -OCH3 is 1. The van der Waals surface area contributed by atoms with Crippen molar-refractivity contribution >= 4 is 0 Å². The van der Waals surface area contributed by atoms with Gasteiger partial charge >= 0.3 is 0 Å². The number of aromatic nitrogens is 2. The summed E-state index contributed by atoms with van der Waals surface area (Å²) in [7, 11) is 3.57. The molecule has 2 aromatic heterocycles. The van der Waals surface area contributed by atoms with Gasteiger partial charge < -0.3 is 10.1 Å². The molecule has 0 radical (unpaired) electrons. The summed E-state index contributed by atoms with van der Waals surface area (Å²) in [5.41, 5.74) is 3.41. The first-order valence-electron chi connectivity index (χ1n) is 5.83. The van der Waals surface area contributed by atoms with E-state index in [-0.39, 0.29) is 6.04 Å². The lowest BCUT2D eigenvalue weighted by Gasteiger charge is -2.18. The maximum absolute atomic E-state index is 5.21. The van der Waals surface area contributed by atoms with E-state index in [9.17, 15) is 0 Å². The minimum atomic E-state index is 0.0706. The fourth-order valence-corrected chi connectivity index (χ4v) is 1.99. The summed E-state index contributed by atoms with van der Waals surface area (Å²) in [5.74, 6) is 0.759. The van der Waals surface area contributed by atoms with E-state index < -0.39 is 0 Å². The van der Waals surface area contributed by atoms with Crippen molar-refractivity contribution in [2.24, 2.45) is 0 Å². The van der Waals surface area contributed by atoms with Gasteiger partial charge in [0.25, 0.3) is 0 Å². The Labute approximate surface area is 107 Å². The molecule has 1 atom stereocenters. The standard InChI is InChI=1S/C14H17N3O/c1-10-4-5-16-9-13(10)14(15-2)11-6-12(18-3)8-17-7-11/h4-9,14-15H,1-3H3. The van der Waals surface area contributed by atoms with Crippen LogP contribution in [0, 0.1) is 6.92 Å². The molecule has 0 aliphatic rings. The minimum Gasteiger partial charge on any atom is -0.495 e. The van der Waals surface area contributed by atoms with Crippen LogP contribution in [0.25, 0.3) is 0 Å². The molecule has 0 saturated carbocycles. The zero-order valence-electron chi connectivity index (χ0n) is 10.8. The predicted octanol–water partition coefficient (Wildman–Crippen LogP) is 2.10. The van der Waals surface area contributed by atoms with Crippen molar-refractivity contribution in [2.45, 2.75) is 13.0 Å². The van der Waals surface area contributed by atoms with Crippen molar-refractivity contribution < 1.29 is 4.74 Å². The van der Waals surface area contributed by atoms with Crippen molar-refractivity contribution in [1.29, 1.82) is 0 Å². The molecule has 2 heterocycles. The highest BCUT2D eigenvalue weighted by molar-refractivity contribution is 5.36. The molecule has 4 heteroatoms. The second-order valence-electron chi connectivity index (χ2n) is 4.11. The van der Waals surface area contributed by atoms with Crippen LogP contribution in [0.15, 0.2) is 36.9 Å². The van der Waals surface area contributed by atoms with Crippen LogP contribution >= 0.6 is 0 Å². The number of aryl methyl sites for hydroxylation is 1. The second-order valence-corrected chi connectivity index (χ2v) is 4.11. The van der Waals surface area contributed by atoms with E-state index in [1.165, 1.54) is 5.56 Å². The molecule has 4 nitrogen and oxygen atoms in total. The maximum Gasteiger partial charge on any atom is 0.137 e. The summed E-state index contributed by atoms with van der Waals surface area (Å²) in [6.07, 6.45) is 7.23. The van der Waals surface area contributed by atoms with E-state index in [1.54, 1.807) is 19.5 Å². The van der Waals surface area contributed by atoms with Crippen molar-refractivity contribution in [3.8, 4) is 5.75 Å². The summed E-state index contributed by atoms with van der Waals surface area (Å²) in [6.45, 7) is 2.08. The Bertz CT molecular complexity index is 528. The fraction of sp³-hybridized carbons (Fsp3) is 0.286. The van der Waals surface area contributed by atoms with Gasteiger partial charge in [-0.15, -0.1) is 0 Å². The molecular weight excluding hydrogens is 226 g/mol. The third kappa shape index (κ3) is 2.49.